The number of imidazole rings is 1. The van der Waals surface area contributed by atoms with Gasteiger partial charge in [0.1, 0.15) is 23.2 Å². The molecule has 1 N–H and O–H groups in total. The molecular formula is C22H21N7O2. The van der Waals surface area contributed by atoms with E-state index in [9.17, 15) is 0 Å². The van der Waals surface area contributed by atoms with Crippen LogP contribution in [-0.4, -0.2) is 36.4 Å². The molecule has 0 aliphatic rings. The first-order valence-corrected chi connectivity index (χ1v) is 9.76. The number of aromatic nitrogens is 6. The van der Waals surface area contributed by atoms with Crippen LogP contribution < -0.4 is 14.8 Å². The highest BCUT2D eigenvalue weighted by atomic mass is 16.5. The second kappa shape index (κ2) is 7.60. The third-order valence-electron chi connectivity index (χ3n) is 5.17. The summed E-state index contributed by atoms with van der Waals surface area (Å²) >= 11 is 0. The fraction of sp³-hybridized carbons (Fsp3) is 0.182. The van der Waals surface area contributed by atoms with E-state index in [1.54, 1.807) is 18.0 Å². The zero-order chi connectivity index (χ0) is 21.4. The van der Waals surface area contributed by atoms with Crippen molar-refractivity contribution in [2.45, 2.75) is 6.54 Å². The van der Waals surface area contributed by atoms with Crippen LogP contribution in [0.5, 0.6) is 17.4 Å². The molecule has 0 aliphatic carbocycles. The second-order valence-electron chi connectivity index (χ2n) is 7.13. The Hall–Kier alpha value is -4.14. The Bertz CT molecular complexity index is 1370. The number of ether oxygens (including phenoxy) is 2. The number of benzene rings is 2. The van der Waals surface area contributed by atoms with Gasteiger partial charge in [0.2, 0.25) is 11.8 Å². The molecule has 31 heavy (non-hydrogen) atoms. The molecule has 0 saturated heterocycles. The number of nitrogens with one attached hydrogen (secondary N) is 1. The molecule has 0 saturated carbocycles. The third-order valence-corrected chi connectivity index (χ3v) is 5.17. The van der Waals surface area contributed by atoms with Crippen LogP contribution >= 0.6 is 0 Å². The standard InChI is InChI=1S/C22H21N7O2/c1-28-19-9-8-16(31-21-17-12-26-29(2)20(17)24-13-25-21)10-18(19)27-22(28)23-11-14-4-6-15(30-3)7-5-14/h4-10,12-13H,11H2,1-3H3,(H,23,27). The lowest BCUT2D eigenvalue weighted by atomic mass is 10.2. The number of aryl methyl sites for hydroxylation is 2. The van der Waals surface area contributed by atoms with Gasteiger partial charge in [0.15, 0.2) is 5.65 Å². The molecule has 5 rings (SSSR count). The molecular weight excluding hydrogens is 394 g/mol. The van der Waals surface area contributed by atoms with Gasteiger partial charge in [-0.2, -0.15) is 5.10 Å². The van der Waals surface area contributed by atoms with Crippen LogP contribution in [0, 0.1) is 0 Å². The van der Waals surface area contributed by atoms with E-state index in [1.807, 2.05) is 61.1 Å². The monoisotopic (exact) mass is 415 g/mol. The lowest BCUT2D eigenvalue weighted by Crippen LogP contribution is -2.04. The summed E-state index contributed by atoms with van der Waals surface area (Å²) in [6.07, 6.45) is 3.17. The number of anilines is 1. The normalized spacial score (nSPS) is 11.2. The fourth-order valence-electron chi connectivity index (χ4n) is 3.46. The molecule has 0 aliphatic heterocycles. The van der Waals surface area contributed by atoms with Gasteiger partial charge >= 0.3 is 0 Å². The van der Waals surface area contributed by atoms with Crippen molar-refractivity contribution in [3.63, 3.8) is 0 Å². The van der Waals surface area contributed by atoms with Crippen molar-refractivity contribution in [2.24, 2.45) is 14.1 Å². The highest BCUT2D eigenvalue weighted by Crippen LogP contribution is 2.29. The van der Waals surface area contributed by atoms with Crippen molar-refractivity contribution in [3.05, 3.63) is 60.6 Å². The molecule has 0 fully saturated rings. The van der Waals surface area contributed by atoms with Crippen molar-refractivity contribution >= 4 is 28.0 Å². The van der Waals surface area contributed by atoms with Crippen LogP contribution in [0.4, 0.5) is 5.95 Å². The van der Waals surface area contributed by atoms with E-state index >= 15 is 0 Å². The van der Waals surface area contributed by atoms with E-state index in [1.165, 1.54) is 6.33 Å². The third kappa shape index (κ3) is 3.50. The number of methoxy groups -OCH3 is 1. The highest BCUT2D eigenvalue weighted by molar-refractivity contribution is 5.82. The summed E-state index contributed by atoms with van der Waals surface area (Å²) in [5, 5.41) is 8.37. The maximum Gasteiger partial charge on any atom is 0.233 e. The van der Waals surface area contributed by atoms with Gasteiger partial charge in [0.25, 0.3) is 0 Å². The first-order chi connectivity index (χ1) is 15.1. The van der Waals surface area contributed by atoms with Crippen molar-refractivity contribution in [3.8, 4) is 17.4 Å². The van der Waals surface area contributed by atoms with Gasteiger partial charge in [-0.15, -0.1) is 0 Å². The Balaban J connectivity index is 1.38. The first kappa shape index (κ1) is 18.9. The summed E-state index contributed by atoms with van der Waals surface area (Å²) in [6, 6.07) is 13.7. The minimum atomic E-state index is 0.464. The van der Waals surface area contributed by atoms with Crippen LogP contribution in [0.15, 0.2) is 55.0 Å². The molecule has 9 nitrogen and oxygen atoms in total. The van der Waals surface area contributed by atoms with Crippen LogP contribution in [-0.2, 0) is 20.6 Å². The number of hydrogen-bond donors (Lipinski definition) is 1. The highest BCUT2D eigenvalue weighted by Gasteiger charge is 2.12. The zero-order valence-corrected chi connectivity index (χ0v) is 17.4. The van der Waals surface area contributed by atoms with E-state index in [4.69, 9.17) is 14.5 Å². The second-order valence-corrected chi connectivity index (χ2v) is 7.13. The van der Waals surface area contributed by atoms with Crippen LogP contribution in [0.3, 0.4) is 0 Å². The molecule has 3 heterocycles. The molecule has 0 amide bonds. The molecule has 0 atom stereocenters. The summed E-state index contributed by atoms with van der Waals surface area (Å²) in [6.45, 7) is 0.657. The maximum atomic E-state index is 6.03. The summed E-state index contributed by atoms with van der Waals surface area (Å²) < 4.78 is 14.9. The molecule has 2 aromatic carbocycles. The van der Waals surface area contributed by atoms with Gasteiger partial charge in [-0.25, -0.2) is 15.0 Å². The van der Waals surface area contributed by atoms with Crippen molar-refractivity contribution in [2.75, 3.05) is 12.4 Å². The summed E-state index contributed by atoms with van der Waals surface area (Å²) in [5.41, 5.74) is 3.68. The predicted molar refractivity (Wildman–Crippen MR) is 117 cm³/mol. The van der Waals surface area contributed by atoms with Crippen molar-refractivity contribution in [1.29, 1.82) is 0 Å². The van der Waals surface area contributed by atoms with Gasteiger partial charge in [0.05, 0.1) is 24.3 Å². The predicted octanol–water partition coefficient (Wildman–Crippen LogP) is 3.66. The lowest BCUT2D eigenvalue weighted by molar-refractivity contribution is 0.414. The molecule has 0 bridgehead atoms. The molecule has 0 spiro atoms. The van der Waals surface area contributed by atoms with Gasteiger partial charge in [0, 0.05) is 26.7 Å². The van der Waals surface area contributed by atoms with Crippen molar-refractivity contribution < 1.29 is 9.47 Å². The molecule has 5 aromatic rings. The Morgan fingerprint density at radius 2 is 1.81 bits per heavy atom. The van der Waals surface area contributed by atoms with Gasteiger partial charge in [-0.1, -0.05) is 12.1 Å². The Morgan fingerprint density at radius 3 is 2.61 bits per heavy atom. The summed E-state index contributed by atoms with van der Waals surface area (Å²) in [7, 11) is 5.48. The smallest absolute Gasteiger partial charge is 0.233 e. The SMILES string of the molecule is COc1ccc(CNc2nc3cc(Oc4ncnc5c4cnn5C)ccc3n2C)cc1. The fourth-order valence-corrected chi connectivity index (χ4v) is 3.46. The van der Waals surface area contributed by atoms with Gasteiger partial charge < -0.3 is 19.4 Å². The van der Waals surface area contributed by atoms with E-state index < -0.39 is 0 Å². The Morgan fingerprint density at radius 1 is 1.00 bits per heavy atom. The van der Waals surface area contributed by atoms with E-state index in [-0.39, 0.29) is 0 Å². The number of fused-ring (bicyclic) bond motifs is 2. The van der Waals surface area contributed by atoms with Crippen LogP contribution in [0.25, 0.3) is 22.1 Å². The topological polar surface area (TPSA) is 91.9 Å². The van der Waals surface area contributed by atoms with Gasteiger partial charge in [-0.3, -0.25) is 4.68 Å². The molecule has 156 valence electrons. The summed E-state index contributed by atoms with van der Waals surface area (Å²) in [4.78, 5) is 13.2. The summed E-state index contributed by atoms with van der Waals surface area (Å²) in [5.74, 6) is 2.73. The first-order valence-electron chi connectivity index (χ1n) is 9.76. The average Bonchev–Trinajstić information content (AvgIpc) is 3.33. The molecule has 9 heteroatoms. The van der Waals surface area contributed by atoms with Crippen LogP contribution in [0.2, 0.25) is 0 Å². The number of rotatable bonds is 6. The van der Waals surface area contributed by atoms with E-state index in [0.717, 1.165) is 33.7 Å². The minimum Gasteiger partial charge on any atom is -0.497 e. The quantitative estimate of drug-likeness (QED) is 0.452. The molecule has 0 unspecified atom stereocenters. The number of hydrogen-bond acceptors (Lipinski definition) is 7. The Labute approximate surface area is 178 Å². The maximum absolute atomic E-state index is 6.03. The lowest BCUT2D eigenvalue weighted by Gasteiger charge is -2.07. The number of nitrogens with zero attached hydrogens (tertiary/aromatic N) is 6. The average molecular weight is 415 g/mol. The molecule has 3 aromatic heterocycles. The largest absolute Gasteiger partial charge is 0.497 e. The van der Waals surface area contributed by atoms with Crippen LogP contribution in [0.1, 0.15) is 5.56 Å². The van der Waals surface area contributed by atoms with Crippen molar-refractivity contribution in [1.82, 2.24) is 29.3 Å². The van der Waals surface area contributed by atoms with E-state index in [0.29, 0.717) is 23.8 Å². The van der Waals surface area contributed by atoms with E-state index in [2.05, 4.69) is 20.4 Å². The molecule has 0 radical (unpaired) electrons. The Kier molecular flexibility index (Phi) is 4.62. The minimum absolute atomic E-state index is 0.464. The van der Waals surface area contributed by atoms with Gasteiger partial charge in [-0.05, 0) is 29.8 Å². The zero-order valence-electron chi connectivity index (χ0n) is 17.4.